The van der Waals surface area contributed by atoms with Crippen LogP contribution in [0.5, 0.6) is 0 Å². The largest absolute Gasteiger partial charge is 0.444 e. The number of aliphatic imine (C=N–C) groups is 1. The number of rotatable bonds is 4. The van der Waals surface area contributed by atoms with E-state index in [1.54, 1.807) is 0 Å². The fourth-order valence-corrected chi connectivity index (χ4v) is 2.98. The number of guanidine groups is 1. The van der Waals surface area contributed by atoms with Crippen LogP contribution in [0.3, 0.4) is 0 Å². The number of ether oxygens (including phenoxy) is 1. The van der Waals surface area contributed by atoms with Crippen molar-refractivity contribution in [3.8, 4) is 0 Å². The van der Waals surface area contributed by atoms with Crippen molar-refractivity contribution in [3.63, 3.8) is 0 Å². The van der Waals surface area contributed by atoms with Crippen LogP contribution in [0, 0.1) is 0 Å². The van der Waals surface area contributed by atoms with Crippen LogP contribution in [0.2, 0.25) is 0 Å². The second-order valence-corrected chi connectivity index (χ2v) is 8.49. The normalized spacial score (nSPS) is 15.2. The summed E-state index contributed by atoms with van der Waals surface area (Å²) in [4.78, 5) is 16.3. The molecule has 1 aliphatic rings. The van der Waals surface area contributed by atoms with Gasteiger partial charge in [-0.3, -0.25) is 4.99 Å². The van der Waals surface area contributed by atoms with Gasteiger partial charge >= 0.3 is 6.09 Å². The van der Waals surface area contributed by atoms with Crippen LogP contribution in [0.4, 0.5) is 10.5 Å². The number of fused-ring (bicyclic) bond motifs is 1. The Hall–Kier alpha value is -2.24. The zero-order valence-electron chi connectivity index (χ0n) is 16.6. The highest BCUT2D eigenvalue weighted by Crippen LogP contribution is 2.27. The number of carbonyl (C=O) groups excluding carboxylic acids is 1. The molecule has 0 aromatic heterocycles. The number of anilines is 1. The van der Waals surface area contributed by atoms with Crippen LogP contribution in [-0.2, 0) is 17.6 Å². The van der Waals surface area contributed by atoms with Crippen molar-refractivity contribution in [1.82, 2.24) is 5.32 Å². The van der Waals surface area contributed by atoms with Crippen LogP contribution in [0.15, 0.2) is 23.2 Å². The molecule has 1 amide bonds. The predicted molar refractivity (Wildman–Crippen MR) is 107 cm³/mol. The number of aryl methyl sites for hydroxylation is 1. The van der Waals surface area contributed by atoms with Gasteiger partial charge in [0.05, 0.1) is 12.1 Å². The van der Waals surface area contributed by atoms with Crippen molar-refractivity contribution >= 4 is 17.7 Å². The molecule has 1 aromatic rings. The molecule has 144 valence electrons. The van der Waals surface area contributed by atoms with Gasteiger partial charge in [0.15, 0.2) is 5.96 Å². The minimum atomic E-state index is -0.565. The molecule has 26 heavy (non-hydrogen) atoms. The number of hydrogen-bond donors (Lipinski definition) is 3. The first-order chi connectivity index (χ1) is 12.1. The van der Waals surface area contributed by atoms with E-state index in [0.29, 0.717) is 12.5 Å². The Morgan fingerprint density at radius 1 is 1.19 bits per heavy atom. The number of nitrogens with zero attached hydrogens (tertiary/aromatic N) is 1. The molecule has 0 spiro atoms. The van der Waals surface area contributed by atoms with Gasteiger partial charge in [0, 0.05) is 5.69 Å². The lowest BCUT2D eigenvalue weighted by molar-refractivity contribution is 0.0476. The van der Waals surface area contributed by atoms with E-state index < -0.39 is 17.2 Å². The zero-order valence-corrected chi connectivity index (χ0v) is 16.6. The monoisotopic (exact) mass is 360 g/mol. The molecule has 0 heterocycles. The summed E-state index contributed by atoms with van der Waals surface area (Å²) in [5, 5.41) is 6.05. The van der Waals surface area contributed by atoms with Crippen molar-refractivity contribution in [2.75, 3.05) is 11.9 Å². The number of benzene rings is 1. The second kappa shape index (κ2) is 7.98. The summed E-state index contributed by atoms with van der Waals surface area (Å²) < 4.78 is 5.29. The second-order valence-electron chi connectivity index (χ2n) is 8.49. The SMILES string of the molecule is CC(C)(CN=C(N)Nc1cccc2c1CCCC2)NC(=O)OC(C)(C)C. The summed E-state index contributed by atoms with van der Waals surface area (Å²) in [6.07, 6.45) is 4.17. The predicted octanol–water partition coefficient (Wildman–Crippen LogP) is 3.60. The van der Waals surface area contributed by atoms with Gasteiger partial charge in [-0.05, 0) is 77.5 Å². The zero-order chi connectivity index (χ0) is 19.4. The number of nitrogens with one attached hydrogen (secondary N) is 2. The molecule has 1 aromatic carbocycles. The summed E-state index contributed by atoms with van der Waals surface area (Å²) in [5.74, 6) is 0.350. The van der Waals surface area contributed by atoms with Gasteiger partial charge in [-0.25, -0.2) is 4.79 Å². The molecule has 0 atom stereocenters. The minimum absolute atomic E-state index is 0.347. The van der Waals surface area contributed by atoms with Gasteiger partial charge in [-0.1, -0.05) is 12.1 Å². The lowest BCUT2D eigenvalue weighted by Gasteiger charge is -2.27. The Bertz CT molecular complexity index is 675. The summed E-state index contributed by atoms with van der Waals surface area (Å²) in [6.45, 7) is 9.62. The number of alkyl carbamates (subject to hydrolysis) is 1. The Morgan fingerprint density at radius 3 is 2.58 bits per heavy atom. The molecule has 6 heteroatoms. The highest BCUT2D eigenvalue weighted by atomic mass is 16.6. The quantitative estimate of drug-likeness (QED) is 0.565. The van der Waals surface area contributed by atoms with E-state index >= 15 is 0 Å². The van der Waals surface area contributed by atoms with Crippen molar-refractivity contribution < 1.29 is 9.53 Å². The van der Waals surface area contributed by atoms with Gasteiger partial charge in [0.25, 0.3) is 0 Å². The molecule has 0 aliphatic heterocycles. The Kier molecular flexibility index (Phi) is 6.16. The molecule has 0 fully saturated rings. The van der Waals surface area contributed by atoms with Crippen LogP contribution in [-0.4, -0.2) is 29.7 Å². The Balaban J connectivity index is 1.96. The molecule has 0 unspecified atom stereocenters. The Labute approximate surface area is 156 Å². The highest BCUT2D eigenvalue weighted by molar-refractivity contribution is 5.93. The van der Waals surface area contributed by atoms with Crippen LogP contribution >= 0.6 is 0 Å². The minimum Gasteiger partial charge on any atom is -0.444 e. The molecule has 0 saturated heterocycles. The number of nitrogens with two attached hydrogens (primary N) is 1. The molecular formula is C20H32N4O2. The van der Waals surface area contributed by atoms with E-state index in [1.165, 1.54) is 24.0 Å². The third kappa shape index (κ3) is 6.24. The standard InChI is InChI=1S/C20H32N4O2/c1-19(2,3)26-18(25)24-20(4,5)13-22-17(21)23-16-12-8-10-14-9-6-7-11-15(14)16/h8,10,12H,6-7,9,11,13H2,1-5H3,(H,24,25)(H3,21,22,23). The van der Waals surface area contributed by atoms with E-state index in [-0.39, 0.29) is 0 Å². The lowest BCUT2D eigenvalue weighted by Crippen LogP contribution is -2.48. The van der Waals surface area contributed by atoms with Crippen molar-refractivity contribution in [2.24, 2.45) is 10.7 Å². The van der Waals surface area contributed by atoms with E-state index in [0.717, 1.165) is 18.5 Å². The third-order valence-corrected chi connectivity index (χ3v) is 4.14. The summed E-state index contributed by atoms with van der Waals surface area (Å²) in [6, 6.07) is 6.27. The van der Waals surface area contributed by atoms with E-state index in [2.05, 4.69) is 21.7 Å². The van der Waals surface area contributed by atoms with Gasteiger partial charge in [-0.15, -0.1) is 0 Å². The summed E-state index contributed by atoms with van der Waals surface area (Å²) >= 11 is 0. The topological polar surface area (TPSA) is 88.7 Å². The first-order valence-corrected chi connectivity index (χ1v) is 9.25. The van der Waals surface area contributed by atoms with Gasteiger partial charge < -0.3 is 21.1 Å². The van der Waals surface area contributed by atoms with E-state index in [9.17, 15) is 4.79 Å². The van der Waals surface area contributed by atoms with Gasteiger partial charge in [0.2, 0.25) is 0 Å². The fraction of sp³-hybridized carbons (Fsp3) is 0.600. The van der Waals surface area contributed by atoms with E-state index in [1.807, 2.05) is 46.8 Å². The number of amides is 1. The van der Waals surface area contributed by atoms with Gasteiger partial charge in [-0.2, -0.15) is 0 Å². The first kappa shape index (κ1) is 20.1. The van der Waals surface area contributed by atoms with Crippen molar-refractivity contribution in [3.05, 3.63) is 29.3 Å². The average molecular weight is 361 g/mol. The molecule has 6 nitrogen and oxygen atoms in total. The smallest absolute Gasteiger partial charge is 0.408 e. The maximum atomic E-state index is 11.9. The molecular weight excluding hydrogens is 328 g/mol. The third-order valence-electron chi connectivity index (χ3n) is 4.14. The average Bonchev–Trinajstić information content (AvgIpc) is 2.51. The van der Waals surface area contributed by atoms with Gasteiger partial charge in [0.1, 0.15) is 5.60 Å². The van der Waals surface area contributed by atoms with E-state index in [4.69, 9.17) is 10.5 Å². The van der Waals surface area contributed by atoms with Crippen LogP contribution in [0.25, 0.3) is 0 Å². The molecule has 0 bridgehead atoms. The maximum absolute atomic E-state index is 11.9. The summed E-state index contributed by atoms with van der Waals surface area (Å²) in [7, 11) is 0. The molecule has 1 aliphatic carbocycles. The maximum Gasteiger partial charge on any atom is 0.408 e. The summed E-state index contributed by atoms with van der Waals surface area (Å²) in [5.41, 5.74) is 8.73. The first-order valence-electron chi connectivity index (χ1n) is 9.25. The molecule has 2 rings (SSSR count). The van der Waals surface area contributed by atoms with Crippen molar-refractivity contribution in [1.29, 1.82) is 0 Å². The van der Waals surface area contributed by atoms with Crippen LogP contribution < -0.4 is 16.4 Å². The van der Waals surface area contributed by atoms with Crippen LogP contribution in [0.1, 0.15) is 58.6 Å². The highest BCUT2D eigenvalue weighted by Gasteiger charge is 2.24. The number of carbonyl (C=O) groups is 1. The number of hydrogen-bond acceptors (Lipinski definition) is 3. The lowest BCUT2D eigenvalue weighted by atomic mass is 9.90. The van der Waals surface area contributed by atoms with Crippen molar-refractivity contribution in [2.45, 2.75) is 71.4 Å². The fourth-order valence-electron chi connectivity index (χ4n) is 2.98. The molecule has 0 saturated carbocycles. The Morgan fingerprint density at radius 2 is 1.88 bits per heavy atom. The molecule has 0 radical (unpaired) electrons. The molecule has 4 N–H and O–H groups in total.